The summed E-state index contributed by atoms with van der Waals surface area (Å²) < 4.78 is 13.2. The zero-order valence-corrected chi connectivity index (χ0v) is 11.5. The third kappa shape index (κ3) is 2.94. The highest BCUT2D eigenvalue weighted by atomic mass is 79.9. The minimum Gasteiger partial charge on any atom is -0.207 e. The molecule has 0 nitrogen and oxygen atoms in total. The van der Waals surface area contributed by atoms with Crippen LogP contribution < -0.4 is 0 Å². The first-order valence-electron chi connectivity index (χ1n) is 5.07. The minimum atomic E-state index is -0.243. The molecule has 0 fully saturated rings. The van der Waals surface area contributed by atoms with E-state index in [0.29, 0.717) is 16.5 Å². The summed E-state index contributed by atoms with van der Waals surface area (Å²) in [5.74, 6) is 0.236. The summed E-state index contributed by atoms with van der Waals surface area (Å²) in [6.45, 7) is 6.03. The first-order chi connectivity index (χ1) is 6.97. The van der Waals surface area contributed by atoms with Crippen LogP contribution in [0.1, 0.15) is 36.2 Å². The summed E-state index contributed by atoms with van der Waals surface area (Å²) in [6, 6.07) is 3.21. The van der Waals surface area contributed by atoms with E-state index in [0.717, 1.165) is 12.0 Å². The van der Waals surface area contributed by atoms with E-state index in [4.69, 9.17) is 11.6 Å². The molecule has 2 unspecified atom stereocenters. The highest BCUT2D eigenvalue weighted by Crippen LogP contribution is 2.37. The molecule has 1 rings (SSSR count). The Morgan fingerprint density at radius 2 is 2.07 bits per heavy atom. The minimum absolute atomic E-state index is 0.189. The maximum absolute atomic E-state index is 13.2. The summed E-state index contributed by atoms with van der Waals surface area (Å²) in [4.78, 5) is 0.189. The molecular weight excluding hydrogens is 278 g/mol. The number of rotatable bonds is 3. The number of halogens is 3. The Labute approximate surface area is 104 Å². The Bertz CT molecular complexity index is 352. The molecule has 0 spiro atoms. The van der Waals surface area contributed by atoms with E-state index in [1.54, 1.807) is 6.92 Å². The number of hydrogen-bond donors (Lipinski definition) is 0. The maximum atomic E-state index is 13.2. The largest absolute Gasteiger partial charge is 0.207 e. The van der Waals surface area contributed by atoms with Gasteiger partial charge in [0.1, 0.15) is 5.82 Å². The summed E-state index contributed by atoms with van der Waals surface area (Å²) in [6.07, 6.45) is 1.06. The fourth-order valence-electron chi connectivity index (χ4n) is 1.40. The lowest BCUT2D eigenvalue weighted by atomic mass is 9.97. The molecule has 0 saturated carbocycles. The lowest BCUT2D eigenvalue weighted by Gasteiger charge is -2.18. The first-order valence-corrected chi connectivity index (χ1v) is 6.36. The van der Waals surface area contributed by atoms with Crippen molar-refractivity contribution >= 4 is 27.5 Å². The van der Waals surface area contributed by atoms with E-state index in [-0.39, 0.29) is 10.6 Å². The van der Waals surface area contributed by atoms with Crippen LogP contribution in [0.2, 0.25) is 5.02 Å². The zero-order chi connectivity index (χ0) is 11.6. The molecule has 1 aromatic carbocycles. The molecule has 0 aliphatic heterocycles. The van der Waals surface area contributed by atoms with E-state index >= 15 is 0 Å². The second-order valence-corrected chi connectivity index (χ2v) is 5.30. The SMILES string of the molecule is CCC(C)C(Br)c1cc(C)c(F)cc1Cl. The van der Waals surface area contributed by atoms with E-state index in [9.17, 15) is 4.39 Å². The molecule has 1 aromatic rings. The fraction of sp³-hybridized carbons (Fsp3) is 0.500. The average molecular weight is 294 g/mol. The van der Waals surface area contributed by atoms with Gasteiger partial charge in [0.2, 0.25) is 0 Å². The van der Waals surface area contributed by atoms with Gasteiger partial charge in [0.15, 0.2) is 0 Å². The van der Waals surface area contributed by atoms with Gasteiger partial charge in [0.05, 0.1) is 0 Å². The maximum Gasteiger partial charge on any atom is 0.127 e. The zero-order valence-electron chi connectivity index (χ0n) is 9.15. The Balaban J connectivity index is 3.09. The molecule has 15 heavy (non-hydrogen) atoms. The van der Waals surface area contributed by atoms with Gasteiger partial charge in [-0.05, 0) is 30.0 Å². The molecule has 0 radical (unpaired) electrons. The number of alkyl halides is 1. The summed E-state index contributed by atoms with van der Waals surface area (Å²) in [7, 11) is 0. The molecule has 0 saturated heterocycles. The normalized spacial score (nSPS) is 15.1. The molecular formula is C12H15BrClF. The Kier molecular flexibility index (Phi) is 4.60. The van der Waals surface area contributed by atoms with Gasteiger partial charge in [-0.1, -0.05) is 53.9 Å². The third-order valence-electron chi connectivity index (χ3n) is 2.72. The van der Waals surface area contributed by atoms with Crippen molar-refractivity contribution in [3.63, 3.8) is 0 Å². The van der Waals surface area contributed by atoms with Crippen LogP contribution in [0, 0.1) is 18.7 Å². The topological polar surface area (TPSA) is 0 Å². The smallest absolute Gasteiger partial charge is 0.127 e. The van der Waals surface area contributed by atoms with Crippen molar-refractivity contribution < 1.29 is 4.39 Å². The molecule has 2 atom stereocenters. The Morgan fingerprint density at radius 1 is 1.47 bits per heavy atom. The van der Waals surface area contributed by atoms with Gasteiger partial charge in [-0.2, -0.15) is 0 Å². The van der Waals surface area contributed by atoms with Crippen LogP contribution in [0.15, 0.2) is 12.1 Å². The highest BCUT2D eigenvalue weighted by Gasteiger charge is 2.18. The fourth-order valence-corrected chi connectivity index (χ4v) is 2.56. The van der Waals surface area contributed by atoms with Crippen LogP contribution in [0.3, 0.4) is 0 Å². The molecule has 0 aromatic heterocycles. The van der Waals surface area contributed by atoms with E-state index in [2.05, 4.69) is 29.8 Å². The summed E-state index contributed by atoms with van der Waals surface area (Å²) >= 11 is 9.64. The van der Waals surface area contributed by atoms with Crippen LogP contribution >= 0.6 is 27.5 Å². The van der Waals surface area contributed by atoms with Crippen molar-refractivity contribution in [1.29, 1.82) is 0 Å². The van der Waals surface area contributed by atoms with Crippen LogP contribution in [-0.4, -0.2) is 0 Å². The van der Waals surface area contributed by atoms with E-state index in [1.807, 2.05) is 6.07 Å². The summed E-state index contributed by atoms with van der Waals surface area (Å²) in [5.41, 5.74) is 1.62. The average Bonchev–Trinajstić information content (AvgIpc) is 2.21. The van der Waals surface area contributed by atoms with Gasteiger partial charge in [-0.15, -0.1) is 0 Å². The Morgan fingerprint density at radius 3 is 2.60 bits per heavy atom. The first kappa shape index (κ1) is 13.0. The van der Waals surface area contributed by atoms with Crippen LogP contribution in [0.4, 0.5) is 4.39 Å². The number of hydrogen-bond acceptors (Lipinski definition) is 0. The number of benzene rings is 1. The second-order valence-electron chi connectivity index (χ2n) is 3.91. The predicted octanol–water partition coefficient (Wildman–Crippen LogP) is 5.27. The molecule has 84 valence electrons. The van der Waals surface area contributed by atoms with Crippen molar-refractivity contribution in [3.05, 3.63) is 34.1 Å². The van der Waals surface area contributed by atoms with Gasteiger partial charge in [0.25, 0.3) is 0 Å². The van der Waals surface area contributed by atoms with Gasteiger partial charge in [-0.25, -0.2) is 4.39 Å². The quantitative estimate of drug-likeness (QED) is 0.666. The van der Waals surface area contributed by atoms with E-state index in [1.165, 1.54) is 6.07 Å². The molecule has 0 aliphatic carbocycles. The van der Waals surface area contributed by atoms with E-state index < -0.39 is 0 Å². The van der Waals surface area contributed by atoms with Gasteiger partial charge < -0.3 is 0 Å². The second kappa shape index (κ2) is 5.31. The van der Waals surface area contributed by atoms with Crippen molar-refractivity contribution in [1.82, 2.24) is 0 Å². The molecule has 0 bridgehead atoms. The van der Waals surface area contributed by atoms with Gasteiger partial charge in [0, 0.05) is 9.85 Å². The van der Waals surface area contributed by atoms with Crippen molar-refractivity contribution in [2.45, 2.75) is 32.0 Å². The monoisotopic (exact) mass is 292 g/mol. The van der Waals surface area contributed by atoms with Crippen LogP contribution in [-0.2, 0) is 0 Å². The summed E-state index contributed by atoms with van der Waals surface area (Å²) in [5, 5.41) is 0.500. The molecule has 0 amide bonds. The standard InChI is InChI=1S/C12H15BrClF/c1-4-7(2)12(13)9-5-8(3)11(15)6-10(9)14/h5-7,12H,4H2,1-3H3. The lowest BCUT2D eigenvalue weighted by Crippen LogP contribution is -2.03. The third-order valence-corrected chi connectivity index (χ3v) is 4.44. The van der Waals surface area contributed by atoms with Crippen LogP contribution in [0.5, 0.6) is 0 Å². The van der Waals surface area contributed by atoms with Gasteiger partial charge in [-0.3, -0.25) is 0 Å². The van der Waals surface area contributed by atoms with Crippen molar-refractivity contribution in [3.8, 4) is 0 Å². The Hall–Kier alpha value is -0.0800. The van der Waals surface area contributed by atoms with Crippen molar-refractivity contribution in [2.75, 3.05) is 0 Å². The van der Waals surface area contributed by atoms with Gasteiger partial charge >= 0.3 is 0 Å². The lowest BCUT2D eigenvalue weighted by molar-refractivity contribution is 0.553. The van der Waals surface area contributed by atoms with Crippen LogP contribution in [0.25, 0.3) is 0 Å². The number of aryl methyl sites for hydroxylation is 1. The van der Waals surface area contributed by atoms with Crippen molar-refractivity contribution in [2.24, 2.45) is 5.92 Å². The predicted molar refractivity (Wildman–Crippen MR) is 67.3 cm³/mol. The highest BCUT2D eigenvalue weighted by molar-refractivity contribution is 9.09. The molecule has 3 heteroatoms. The molecule has 0 aliphatic rings. The molecule has 0 N–H and O–H groups in total. The molecule has 0 heterocycles.